The molecular formula is C26H36N5O9PS2. The maximum absolute atomic E-state index is 13.8. The van der Waals surface area contributed by atoms with E-state index in [0.717, 1.165) is 23.5 Å². The lowest BCUT2D eigenvalue weighted by Gasteiger charge is -2.24. The number of phosphoric ester groups is 1. The Morgan fingerprint density at radius 2 is 1.70 bits per heavy atom. The van der Waals surface area contributed by atoms with Gasteiger partial charge >= 0.3 is 7.82 Å². The van der Waals surface area contributed by atoms with E-state index in [0.29, 0.717) is 11.2 Å². The highest BCUT2D eigenvalue weighted by molar-refractivity contribution is 8.14. The summed E-state index contributed by atoms with van der Waals surface area (Å²) in [6.07, 6.45) is -3.33. The van der Waals surface area contributed by atoms with Crippen molar-refractivity contribution in [2.75, 3.05) is 30.5 Å². The minimum absolute atomic E-state index is 0.105. The van der Waals surface area contributed by atoms with E-state index in [9.17, 15) is 29.6 Å². The number of rotatable bonds is 11. The maximum atomic E-state index is 13.8. The number of fused-ring (bicyclic) bond motifs is 2. The van der Waals surface area contributed by atoms with Crippen LogP contribution in [0.15, 0.2) is 18.5 Å². The number of nitrogen functional groups attached to an aromatic ring is 1. The molecule has 0 radical (unpaired) electrons. The van der Waals surface area contributed by atoms with Crippen LogP contribution < -0.4 is 5.73 Å². The van der Waals surface area contributed by atoms with E-state index in [1.165, 1.54) is 10.8 Å². The molecule has 1 aliphatic carbocycles. The molecule has 3 heterocycles. The molecule has 0 spiro atoms. The van der Waals surface area contributed by atoms with Gasteiger partial charge in [-0.25, -0.2) is 14.1 Å². The Bertz CT molecular complexity index is 1450. The van der Waals surface area contributed by atoms with E-state index in [-0.39, 0.29) is 40.8 Å². The first kappa shape index (κ1) is 33.8. The van der Waals surface area contributed by atoms with E-state index in [2.05, 4.69) is 10.1 Å². The van der Waals surface area contributed by atoms with Crippen molar-refractivity contribution in [3.8, 4) is 6.07 Å². The van der Waals surface area contributed by atoms with Crippen LogP contribution in [0.3, 0.4) is 0 Å². The largest absolute Gasteiger partial charge is 0.475 e. The number of aliphatic hydroxyl groups is 2. The number of phosphoric acid groups is 1. The normalized spacial score (nSPS) is 27.2. The van der Waals surface area contributed by atoms with Gasteiger partial charge in [0, 0.05) is 22.3 Å². The summed E-state index contributed by atoms with van der Waals surface area (Å²) in [7, 11) is -4.51. The van der Waals surface area contributed by atoms with Gasteiger partial charge in [0.05, 0.1) is 18.9 Å². The Kier molecular flexibility index (Phi) is 9.47. The van der Waals surface area contributed by atoms with Gasteiger partial charge in [-0.05, 0) is 12.1 Å². The Morgan fingerprint density at radius 3 is 2.19 bits per heavy atom. The van der Waals surface area contributed by atoms with Crippen molar-refractivity contribution in [1.82, 2.24) is 14.6 Å². The molecule has 43 heavy (non-hydrogen) atoms. The van der Waals surface area contributed by atoms with Crippen LogP contribution in [0.4, 0.5) is 5.82 Å². The molecule has 1 saturated carbocycles. The van der Waals surface area contributed by atoms with Crippen molar-refractivity contribution < 1.29 is 42.7 Å². The Labute approximate surface area is 257 Å². The van der Waals surface area contributed by atoms with E-state index in [1.807, 2.05) is 6.07 Å². The standard InChI is InChI=1S/C26H36N5O9PS2/c1-23(2,3)21(33)42-11-9-37-41(36,38-10-12-43-22(34)24(4,5)6)40-20-25(13-27)26(20,35)18(32)17(39-25)15-7-8-16-19(28)29-14-30-31(15)16/h7-8,14,17-18,20,32,35H,9-12H2,1-6H3,(H2,28,29,30)/t17-,18-,20?,25+,26+/m0/s1. The molecular weight excluding hydrogens is 621 g/mol. The van der Waals surface area contributed by atoms with Gasteiger partial charge < -0.3 is 20.7 Å². The molecule has 2 aliphatic rings. The molecule has 0 aromatic carbocycles. The van der Waals surface area contributed by atoms with Gasteiger partial charge in [-0.15, -0.1) is 0 Å². The third-order valence-corrected chi connectivity index (χ3v) is 10.8. The summed E-state index contributed by atoms with van der Waals surface area (Å²) in [5, 5.41) is 36.6. The fraction of sp³-hybridized carbons (Fsp3) is 0.654. The number of aromatic nitrogens is 3. The van der Waals surface area contributed by atoms with Crippen molar-refractivity contribution in [1.29, 1.82) is 5.26 Å². The molecule has 1 unspecified atom stereocenters. The lowest BCUT2D eigenvalue weighted by molar-refractivity contribution is -0.118. The molecule has 2 aromatic heterocycles. The zero-order valence-corrected chi connectivity index (χ0v) is 27.2. The van der Waals surface area contributed by atoms with Crippen LogP contribution >= 0.6 is 31.3 Å². The molecule has 2 aromatic rings. The molecule has 236 valence electrons. The highest BCUT2D eigenvalue weighted by atomic mass is 32.2. The number of anilines is 1. The predicted octanol–water partition coefficient (Wildman–Crippen LogP) is 2.89. The summed E-state index contributed by atoms with van der Waals surface area (Å²) >= 11 is 1.96. The first-order valence-corrected chi connectivity index (χ1v) is 16.8. The second-order valence-corrected chi connectivity index (χ2v) is 16.0. The Morgan fingerprint density at radius 1 is 1.14 bits per heavy atom. The summed E-state index contributed by atoms with van der Waals surface area (Å²) in [6, 6.07) is 5.02. The fourth-order valence-corrected chi connectivity index (χ4v) is 7.63. The highest BCUT2D eigenvalue weighted by Gasteiger charge is 2.90. The molecule has 4 rings (SSSR count). The minimum Gasteiger partial charge on any atom is -0.387 e. The first-order chi connectivity index (χ1) is 19.9. The van der Waals surface area contributed by atoms with Crippen LogP contribution in [-0.4, -0.2) is 83.2 Å². The molecule has 4 N–H and O–H groups in total. The lowest BCUT2D eigenvalue weighted by atomic mass is 9.99. The van der Waals surface area contributed by atoms with Crippen molar-refractivity contribution >= 4 is 52.9 Å². The maximum Gasteiger partial charge on any atom is 0.475 e. The molecule has 5 atom stereocenters. The van der Waals surface area contributed by atoms with Crippen LogP contribution in [0.2, 0.25) is 0 Å². The molecule has 0 amide bonds. The van der Waals surface area contributed by atoms with E-state index >= 15 is 0 Å². The number of hydrogen-bond donors (Lipinski definition) is 3. The number of carbonyl (C=O) groups excluding carboxylic acids is 2. The molecule has 1 saturated heterocycles. The lowest BCUT2D eigenvalue weighted by Crippen LogP contribution is -2.35. The summed E-state index contributed by atoms with van der Waals surface area (Å²) in [5.41, 5.74) is 0.998. The van der Waals surface area contributed by atoms with Gasteiger partial charge in [0.2, 0.25) is 5.60 Å². The van der Waals surface area contributed by atoms with Gasteiger partial charge in [0.15, 0.2) is 27.8 Å². The summed E-state index contributed by atoms with van der Waals surface area (Å²) < 4.78 is 37.6. The van der Waals surface area contributed by atoms with Crippen LogP contribution in [-0.2, 0) is 32.5 Å². The van der Waals surface area contributed by atoms with Gasteiger partial charge in [0.1, 0.15) is 30.1 Å². The SMILES string of the molecule is CC(C)(C)C(=O)SCCOP(=O)(OCCSC(=O)C(C)(C)C)OC1[C@@]2(C#N)O[C@@H](c3ccc4c(N)ncnn34)[C@H](O)[C@@]12O. The van der Waals surface area contributed by atoms with Crippen molar-refractivity contribution in [3.05, 3.63) is 24.2 Å². The zero-order valence-electron chi connectivity index (χ0n) is 24.7. The Hall–Kier alpha value is -2.06. The number of nitrogens with two attached hydrogens (primary N) is 1. The Balaban J connectivity index is 1.49. The summed E-state index contributed by atoms with van der Waals surface area (Å²) in [4.78, 5) is 28.4. The quantitative estimate of drug-likeness (QED) is 0.234. The van der Waals surface area contributed by atoms with Crippen molar-refractivity contribution in [3.63, 3.8) is 0 Å². The highest BCUT2D eigenvalue weighted by Crippen LogP contribution is 2.69. The van der Waals surface area contributed by atoms with Crippen LogP contribution in [0.5, 0.6) is 0 Å². The molecule has 17 heteroatoms. The fourth-order valence-electron chi connectivity index (χ4n) is 4.42. The van der Waals surface area contributed by atoms with E-state index < -0.39 is 48.2 Å². The number of aliphatic hydroxyl groups excluding tert-OH is 1. The van der Waals surface area contributed by atoms with Gasteiger partial charge in [-0.3, -0.25) is 23.2 Å². The van der Waals surface area contributed by atoms with Crippen LogP contribution in [0.25, 0.3) is 5.52 Å². The second-order valence-electron chi connectivity index (χ2n) is 12.2. The first-order valence-electron chi connectivity index (χ1n) is 13.4. The number of hydrogen-bond acceptors (Lipinski definition) is 15. The number of ether oxygens (including phenoxy) is 1. The monoisotopic (exact) mass is 657 g/mol. The molecule has 14 nitrogen and oxygen atoms in total. The van der Waals surface area contributed by atoms with Crippen molar-refractivity contribution in [2.24, 2.45) is 10.8 Å². The number of nitrogens with zero attached hydrogens (tertiary/aromatic N) is 4. The second kappa shape index (κ2) is 12.0. The molecule has 0 bridgehead atoms. The number of nitriles is 1. The van der Waals surface area contributed by atoms with Crippen LogP contribution in [0, 0.1) is 22.2 Å². The minimum atomic E-state index is -4.51. The third-order valence-electron chi connectivity index (χ3n) is 6.89. The number of thioether (sulfide) groups is 2. The van der Waals surface area contributed by atoms with Gasteiger partial charge in [-0.1, -0.05) is 65.1 Å². The smallest absolute Gasteiger partial charge is 0.387 e. The van der Waals surface area contributed by atoms with E-state index in [4.69, 9.17) is 24.0 Å². The zero-order chi connectivity index (χ0) is 32.0. The number of carbonyl (C=O) groups is 2. The average Bonchev–Trinajstić information content (AvgIpc) is 3.18. The van der Waals surface area contributed by atoms with E-state index in [1.54, 1.807) is 53.7 Å². The third kappa shape index (κ3) is 6.38. The average molecular weight is 658 g/mol. The molecule has 1 aliphatic heterocycles. The van der Waals surface area contributed by atoms with Crippen molar-refractivity contribution in [2.45, 2.75) is 71.1 Å². The predicted molar refractivity (Wildman–Crippen MR) is 159 cm³/mol. The topological polar surface area (TPSA) is 209 Å². The summed E-state index contributed by atoms with van der Waals surface area (Å²) in [6.45, 7) is 10.1. The van der Waals surface area contributed by atoms with Gasteiger partial charge in [-0.2, -0.15) is 10.4 Å². The van der Waals surface area contributed by atoms with Gasteiger partial charge in [0.25, 0.3) is 0 Å². The molecule has 2 fully saturated rings. The van der Waals surface area contributed by atoms with Crippen LogP contribution in [0.1, 0.15) is 53.3 Å². The summed E-state index contributed by atoms with van der Waals surface area (Å²) in [5.74, 6) is 0.417.